The van der Waals surface area contributed by atoms with Crippen molar-refractivity contribution in [3.05, 3.63) is 47.3 Å². The van der Waals surface area contributed by atoms with Crippen LogP contribution in [0.2, 0.25) is 0 Å². The van der Waals surface area contributed by atoms with Gasteiger partial charge in [-0.05, 0) is 37.6 Å². The maximum absolute atomic E-state index is 5.99. The van der Waals surface area contributed by atoms with Crippen LogP contribution in [0.15, 0.2) is 39.8 Å². The lowest BCUT2D eigenvalue weighted by Crippen LogP contribution is -2.43. The highest BCUT2D eigenvalue weighted by atomic mass is 16.7. The predicted octanol–water partition coefficient (Wildman–Crippen LogP) is 3.33. The van der Waals surface area contributed by atoms with Crippen LogP contribution < -0.4 is 10.2 Å². The average molecular weight is 428 g/mol. The molecule has 0 atom stereocenters. The molecule has 1 N–H and O–H groups in total. The summed E-state index contributed by atoms with van der Waals surface area (Å²) in [6.45, 7) is 10.1. The molecule has 0 aliphatic carbocycles. The summed E-state index contributed by atoms with van der Waals surface area (Å²) >= 11 is 0. The van der Waals surface area contributed by atoms with E-state index in [0.717, 1.165) is 54.7 Å². The Morgan fingerprint density at radius 2 is 1.94 bits per heavy atom. The Balaban J connectivity index is 1.49. The van der Waals surface area contributed by atoms with E-state index in [2.05, 4.69) is 53.5 Å². The van der Waals surface area contributed by atoms with Gasteiger partial charge in [-0.1, -0.05) is 31.1 Å². The molecule has 0 saturated carbocycles. The third kappa shape index (κ3) is 5.57. The van der Waals surface area contributed by atoms with Gasteiger partial charge in [0.05, 0.1) is 13.2 Å². The van der Waals surface area contributed by atoms with Gasteiger partial charge in [0.1, 0.15) is 17.2 Å². The molecule has 2 aliphatic heterocycles. The van der Waals surface area contributed by atoms with Crippen LogP contribution >= 0.6 is 0 Å². The predicted molar refractivity (Wildman–Crippen MR) is 118 cm³/mol. The molecule has 1 saturated heterocycles. The molecule has 0 unspecified atom stereocenters. The average Bonchev–Trinajstić information content (AvgIpc) is 3.36. The van der Waals surface area contributed by atoms with Crippen LogP contribution in [0.25, 0.3) is 0 Å². The lowest BCUT2D eigenvalue weighted by Gasteiger charge is -2.33. The van der Waals surface area contributed by atoms with E-state index in [0.29, 0.717) is 25.6 Å². The molecule has 8 heteroatoms. The SMILES string of the molecule is Cc1cc(CN(Cc2ccc(OCC(C)C)cc2)C2=NC3(CCN(C)CC3)ON2)no1. The largest absolute Gasteiger partial charge is 0.493 e. The zero-order chi connectivity index (χ0) is 21.8. The van der Waals surface area contributed by atoms with Crippen molar-refractivity contribution in [1.82, 2.24) is 20.4 Å². The molecule has 2 aliphatic rings. The fraction of sp³-hybridized carbons (Fsp3) is 0.565. The van der Waals surface area contributed by atoms with Crippen LogP contribution in [0.5, 0.6) is 5.75 Å². The van der Waals surface area contributed by atoms with Crippen molar-refractivity contribution < 1.29 is 14.1 Å². The number of hydrogen-bond acceptors (Lipinski definition) is 8. The smallest absolute Gasteiger partial charge is 0.222 e. The summed E-state index contributed by atoms with van der Waals surface area (Å²) in [5, 5.41) is 4.17. The number of likely N-dealkylation sites (tertiary alicyclic amines) is 1. The molecule has 0 bridgehead atoms. The van der Waals surface area contributed by atoms with Gasteiger partial charge in [-0.25, -0.2) is 15.3 Å². The molecule has 1 spiro atoms. The molecule has 3 heterocycles. The van der Waals surface area contributed by atoms with Gasteiger partial charge in [-0.3, -0.25) is 0 Å². The van der Waals surface area contributed by atoms with Gasteiger partial charge in [-0.2, -0.15) is 0 Å². The van der Waals surface area contributed by atoms with E-state index in [1.54, 1.807) is 0 Å². The van der Waals surface area contributed by atoms with Gasteiger partial charge >= 0.3 is 0 Å². The molecule has 1 aromatic carbocycles. The van der Waals surface area contributed by atoms with E-state index in [1.165, 1.54) is 0 Å². The number of hydroxylamine groups is 1. The minimum Gasteiger partial charge on any atom is -0.493 e. The molecule has 2 aromatic rings. The summed E-state index contributed by atoms with van der Waals surface area (Å²) in [4.78, 5) is 15.4. The summed E-state index contributed by atoms with van der Waals surface area (Å²) in [7, 11) is 2.13. The van der Waals surface area contributed by atoms with E-state index in [-0.39, 0.29) is 0 Å². The number of aromatic nitrogens is 1. The molecular formula is C23H33N5O3. The Morgan fingerprint density at radius 3 is 2.58 bits per heavy atom. The highest BCUT2D eigenvalue weighted by molar-refractivity contribution is 5.80. The van der Waals surface area contributed by atoms with E-state index in [4.69, 9.17) is 19.1 Å². The van der Waals surface area contributed by atoms with Gasteiger partial charge in [0.2, 0.25) is 5.96 Å². The monoisotopic (exact) mass is 427 g/mol. The third-order valence-electron chi connectivity index (χ3n) is 5.62. The molecule has 168 valence electrons. The van der Waals surface area contributed by atoms with E-state index >= 15 is 0 Å². The van der Waals surface area contributed by atoms with Crippen LogP contribution in [0, 0.1) is 12.8 Å². The first-order valence-electron chi connectivity index (χ1n) is 11.0. The summed E-state index contributed by atoms with van der Waals surface area (Å²) in [5.74, 6) is 2.93. The van der Waals surface area contributed by atoms with Crippen molar-refractivity contribution in [2.75, 3.05) is 26.7 Å². The van der Waals surface area contributed by atoms with Gasteiger partial charge in [0.15, 0.2) is 5.72 Å². The molecule has 0 radical (unpaired) electrons. The summed E-state index contributed by atoms with van der Waals surface area (Å²) in [6, 6.07) is 10.2. The number of nitrogens with zero attached hydrogens (tertiary/aromatic N) is 4. The summed E-state index contributed by atoms with van der Waals surface area (Å²) in [5.41, 5.74) is 4.64. The highest BCUT2D eigenvalue weighted by Gasteiger charge is 2.40. The maximum atomic E-state index is 5.99. The number of benzene rings is 1. The number of rotatable bonds is 7. The molecule has 31 heavy (non-hydrogen) atoms. The summed E-state index contributed by atoms with van der Waals surface area (Å²) < 4.78 is 11.1. The minimum absolute atomic E-state index is 0.478. The summed E-state index contributed by atoms with van der Waals surface area (Å²) in [6.07, 6.45) is 1.75. The van der Waals surface area contributed by atoms with Crippen molar-refractivity contribution in [3.63, 3.8) is 0 Å². The first-order valence-corrected chi connectivity index (χ1v) is 11.0. The Morgan fingerprint density at radius 1 is 1.19 bits per heavy atom. The molecule has 4 rings (SSSR count). The van der Waals surface area contributed by atoms with E-state index < -0.39 is 5.72 Å². The number of aryl methyl sites for hydroxylation is 1. The second-order valence-electron chi connectivity index (χ2n) is 9.02. The lowest BCUT2D eigenvalue weighted by atomic mass is 10.0. The maximum Gasteiger partial charge on any atom is 0.222 e. The van der Waals surface area contributed by atoms with Crippen LogP contribution in [-0.2, 0) is 17.9 Å². The molecule has 0 amide bonds. The van der Waals surface area contributed by atoms with Gasteiger partial charge < -0.3 is 19.1 Å². The van der Waals surface area contributed by atoms with E-state index in [1.807, 2.05) is 25.1 Å². The highest BCUT2D eigenvalue weighted by Crippen LogP contribution is 2.30. The topological polar surface area (TPSA) is 75.4 Å². The standard InChI is InChI=1S/C23H33N5O3/c1-17(2)16-29-21-7-5-19(6-8-21)14-28(15-20-13-18(3)30-25-20)22-24-23(31-26-22)9-11-27(4)12-10-23/h5-8,13,17H,9-12,14-16H2,1-4H3,(H,24,26). The molecule has 8 nitrogen and oxygen atoms in total. The fourth-order valence-electron chi connectivity index (χ4n) is 3.76. The van der Waals surface area contributed by atoms with Crippen LogP contribution in [0.3, 0.4) is 0 Å². The first kappa shape index (κ1) is 21.6. The zero-order valence-corrected chi connectivity index (χ0v) is 18.9. The third-order valence-corrected chi connectivity index (χ3v) is 5.62. The van der Waals surface area contributed by atoms with Crippen LogP contribution in [0.1, 0.15) is 43.7 Å². The number of ether oxygens (including phenoxy) is 1. The second-order valence-corrected chi connectivity index (χ2v) is 9.02. The molecule has 1 aromatic heterocycles. The van der Waals surface area contributed by atoms with Crippen molar-refractivity contribution in [3.8, 4) is 5.75 Å². The van der Waals surface area contributed by atoms with Gasteiger partial charge in [0.25, 0.3) is 0 Å². The Hall–Kier alpha value is -2.58. The van der Waals surface area contributed by atoms with Crippen molar-refractivity contribution >= 4 is 5.96 Å². The van der Waals surface area contributed by atoms with Crippen molar-refractivity contribution in [2.24, 2.45) is 10.9 Å². The Kier molecular flexibility index (Phi) is 6.48. The van der Waals surface area contributed by atoms with Gasteiger partial charge in [-0.15, -0.1) is 0 Å². The number of nitrogens with one attached hydrogen (secondary N) is 1. The number of hydrogen-bond donors (Lipinski definition) is 1. The number of guanidine groups is 1. The zero-order valence-electron chi connectivity index (χ0n) is 18.9. The second kappa shape index (κ2) is 9.28. The van der Waals surface area contributed by atoms with Crippen molar-refractivity contribution in [1.29, 1.82) is 0 Å². The Labute approximate surface area is 184 Å². The lowest BCUT2D eigenvalue weighted by molar-refractivity contribution is -0.0875. The van der Waals surface area contributed by atoms with Crippen molar-refractivity contribution in [2.45, 2.75) is 52.4 Å². The fourth-order valence-corrected chi connectivity index (χ4v) is 3.76. The normalized spacial score (nSPS) is 18.3. The van der Waals surface area contributed by atoms with Crippen LogP contribution in [-0.4, -0.2) is 53.4 Å². The number of aliphatic imine (C=N–C) groups is 1. The van der Waals surface area contributed by atoms with Crippen LogP contribution in [0.4, 0.5) is 0 Å². The number of piperidine rings is 1. The molecule has 1 fully saturated rings. The Bertz CT molecular complexity index is 885. The minimum atomic E-state index is -0.478. The first-order chi connectivity index (χ1) is 14.9. The van der Waals surface area contributed by atoms with Gasteiger partial charge in [0, 0.05) is 38.5 Å². The molecular weight excluding hydrogens is 394 g/mol. The van der Waals surface area contributed by atoms with E-state index in [9.17, 15) is 0 Å². The quantitative estimate of drug-likeness (QED) is 0.726.